The van der Waals surface area contributed by atoms with Crippen LogP contribution in [0, 0.1) is 11.6 Å². The Morgan fingerprint density at radius 1 is 1.47 bits per heavy atom. The van der Waals surface area contributed by atoms with Gasteiger partial charge < -0.3 is 10.1 Å². The van der Waals surface area contributed by atoms with Gasteiger partial charge in [0.15, 0.2) is 0 Å². The Labute approximate surface area is 118 Å². The van der Waals surface area contributed by atoms with Crippen molar-refractivity contribution >= 4 is 21.7 Å². The highest BCUT2D eigenvalue weighted by molar-refractivity contribution is 9.10. The second-order valence-corrected chi connectivity index (χ2v) is 5.29. The fraction of sp³-hybridized carbons (Fsp3) is 0.462. The van der Waals surface area contributed by atoms with Gasteiger partial charge in [-0.2, -0.15) is 0 Å². The van der Waals surface area contributed by atoms with E-state index in [1.54, 1.807) is 0 Å². The third-order valence-electron chi connectivity index (χ3n) is 2.97. The summed E-state index contributed by atoms with van der Waals surface area (Å²) in [6, 6.07) is 2.43. The summed E-state index contributed by atoms with van der Waals surface area (Å²) in [5.41, 5.74) is -0.192. The first-order chi connectivity index (χ1) is 9.08. The molecule has 3 nitrogen and oxygen atoms in total. The van der Waals surface area contributed by atoms with Gasteiger partial charge in [0.2, 0.25) is 0 Å². The average Bonchev–Trinajstić information content (AvgIpc) is 2.40. The van der Waals surface area contributed by atoms with E-state index in [1.165, 1.54) is 6.07 Å². The highest BCUT2D eigenvalue weighted by Crippen LogP contribution is 2.22. The number of halogens is 3. The Hall–Kier alpha value is -0.850. The third-order valence-corrected chi connectivity index (χ3v) is 3.59. The largest absolute Gasteiger partial charge is 0.375 e. The normalized spacial score (nSPS) is 19.4. The Kier molecular flexibility index (Phi) is 5.01. The highest BCUT2D eigenvalue weighted by Gasteiger charge is 2.20. The quantitative estimate of drug-likeness (QED) is 0.858. The minimum absolute atomic E-state index is 0.160. The van der Waals surface area contributed by atoms with Crippen molar-refractivity contribution in [1.29, 1.82) is 0 Å². The molecule has 1 aliphatic rings. The molecule has 1 aromatic rings. The lowest BCUT2D eigenvalue weighted by atomic mass is 10.0. The number of ether oxygens (including phenoxy) is 1. The van der Waals surface area contributed by atoms with Crippen LogP contribution < -0.4 is 5.32 Å². The van der Waals surface area contributed by atoms with Gasteiger partial charge in [0, 0.05) is 31.5 Å². The lowest BCUT2D eigenvalue weighted by Gasteiger charge is -2.23. The molecule has 1 unspecified atom stereocenters. The number of carbonyl (C=O) groups is 1. The van der Waals surface area contributed by atoms with Crippen molar-refractivity contribution in [3.63, 3.8) is 0 Å². The lowest BCUT2D eigenvalue weighted by molar-refractivity contribution is -0.121. The van der Waals surface area contributed by atoms with Gasteiger partial charge in [0.25, 0.3) is 0 Å². The first kappa shape index (κ1) is 14.6. The molecule has 0 radical (unpaired) electrons. The fourth-order valence-electron chi connectivity index (χ4n) is 2.01. The molecule has 2 rings (SSSR count). The first-order valence-electron chi connectivity index (χ1n) is 6.04. The van der Waals surface area contributed by atoms with Crippen molar-refractivity contribution in [2.24, 2.45) is 0 Å². The monoisotopic (exact) mass is 333 g/mol. The third kappa shape index (κ3) is 3.81. The molecule has 1 saturated heterocycles. The van der Waals surface area contributed by atoms with Crippen molar-refractivity contribution in [3.8, 4) is 0 Å². The second-order valence-electron chi connectivity index (χ2n) is 4.44. The van der Waals surface area contributed by atoms with E-state index in [-0.39, 0.29) is 34.8 Å². The molecule has 0 aliphatic carbocycles. The van der Waals surface area contributed by atoms with E-state index in [1.807, 2.05) is 0 Å². The maximum absolute atomic E-state index is 13.7. The maximum atomic E-state index is 13.7. The molecule has 1 aromatic carbocycles. The van der Waals surface area contributed by atoms with E-state index in [0.29, 0.717) is 13.2 Å². The van der Waals surface area contributed by atoms with Crippen LogP contribution in [0.15, 0.2) is 16.6 Å². The molecule has 6 heteroatoms. The van der Waals surface area contributed by atoms with E-state index in [2.05, 4.69) is 21.2 Å². The Morgan fingerprint density at radius 3 is 2.95 bits per heavy atom. The number of Topliss-reactive ketones (excluding diaryl/α,β-unsaturated/α-hetero) is 1. The van der Waals surface area contributed by atoms with Crippen molar-refractivity contribution in [1.82, 2.24) is 5.32 Å². The number of benzene rings is 1. The summed E-state index contributed by atoms with van der Waals surface area (Å²) in [7, 11) is 0. The maximum Gasteiger partial charge on any atom is 0.143 e. The van der Waals surface area contributed by atoms with Gasteiger partial charge in [-0.25, -0.2) is 8.78 Å². The van der Waals surface area contributed by atoms with Gasteiger partial charge in [0.1, 0.15) is 17.4 Å². The van der Waals surface area contributed by atoms with Crippen LogP contribution in [0.5, 0.6) is 0 Å². The van der Waals surface area contributed by atoms with Crippen molar-refractivity contribution in [2.75, 3.05) is 19.7 Å². The van der Waals surface area contributed by atoms with E-state index in [9.17, 15) is 13.6 Å². The molecule has 0 aromatic heterocycles. The van der Waals surface area contributed by atoms with Crippen LogP contribution in [-0.4, -0.2) is 31.6 Å². The van der Waals surface area contributed by atoms with Gasteiger partial charge >= 0.3 is 0 Å². The van der Waals surface area contributed by atoms with E-state index in [4.69, 9.17) is 4.74 Å². The Morgan fingerprint density at radius 2 is 2.26 bits per heavy atom. The molecule has 0 spiro atoms. The molecule has 104 valence electrons. The van der Waals surface area contributed by atoms with Crippen molar-refractivity contribution < 1.29 is 18.3 Å². The number of ketones is 1. The molecular weight excluding hydrogens is 320 g/mol. The van der Waals surface area contributed by atoms with Gasteiger partial charge in [-0.1, -0.05) is 0 Å². The Bertz CT molecular complexity index is 476. The zero-order valence-corrected chi connectivity index (χ0v) is 11.8. The summed E-state index contributed by atoms with van der Waals surface area (Å²) in [5.74, 6) is -1.64. The summed E-state index contributed by atoms with van der Waals surface area (Å²) in [6.07, 6.45) is -0.297. The summed E-state index contributed by atoms with van der Waals surface area (Å²) >= 11 is 2.98. The van der Waals surface area contributed by atoms with E-state index in [0.717, 1.165) is 12.6 Å². The predicted molar refractivity (Wildman–Crippen MR) is 70.0 cm³/mol. The minimum Gasteiger partial charge on any atom is -0.375 e. The van der Waals surface area contributed by atoms with Gasteiger partial charge in [0.05, 0.1) is 17.2 Å². The molecule has 19 heavy (non-hydrogen) atoms. The summed E-state index contributed by atoms with van der Waals surface area (Å²) < 4.78 is 32.8. The molecule has 1 heterocycles. The molecule has 1 N–H and O–H groups in total. The molecule has 1 aliphatic heterocycles. The number of nitrogens with one attached hydrogen (secondary N) is 1. The minimum atomic E-state index is -0.712. The number of hydrogen-bond acceptors (Lipinski definition) is 3. The second kappa shape index (κ2) is 6.54. The van der Waals surface area contributed by atoms with E-state index < -0.39 is 11.6 Å². The number of hydrogen-bond donors (Lipinski definition) is 1. The van der Waals surface area contributed by atoms with Crippen LogP contribution in [-0.2, 0) is 16.0 Å². The van der Waals surface area contributed by atoms with Gasteiger partial charge in [-0.15, -0.1) is 0 Å². The van der Waals surface area contributed by atoms with Crippen molar-refractivity contribution in [3.05, 3.63) is 33.8 Å². The number of rotatable bonds is 4. The molecule has 0 saturated carbocycles. The molecular formula is C13H14BrF2NO2. The molecule has 0 amide bonds. The zero-order valence-electron chi connectivity index (χ0n) is 10.2. The number of morpholine rings is 1. The summed E-state index contributed by atoms with van der Waals surface area (Å²) in [5, 5.41) is 3.10. The van der Waals surface area contributed by atoms with Gasteiger partial charge in [-0.05, 0) is 28.1 Å². The summed E-state index contributed by atoms with van der Waals surface area (Å²) in [4.78, 5) is 11.8. The fourth-order valence-corrected chi connectivity index (χ4v) is 2.38. The molecule has 1 atom stereocenters. The van der Waals surface area contributed by atoms with E-state index >= 15 is 0 Å². The Balaban J connectivity index is 2.00. The lowest BCUT2D eigenvalue weighted by Crippen LogP contribution is -2.39. The highest BCUT2D eigenvalue weighted by atomic mass is 79.9. The molecule has 0 bridgehead atoms. The van der Waals surface area contributed by atoms with Crippen LogP contribution in [0.2, 0.25) is 0 Å². The average molecular weight is 334 g/mol. The smallest absolute Gasteiger partial charge is 0.143 e. The first-order valence-corrected chi connectivity index (χ1v) is 6.83. The standard InChI is InChI=1S/C13H14BrF2NO2/c14-11-1-2-12(15)10(13(11)16)6-8(18)5-9-7-17-3-4-19-9/h1-2,9,17H,3-7H2. The van der Waals surface area contributed by atoms with Crippen LogP contribution in [0.4, 0.5) is 8.78 Å². The SMILES string of the molecule is O=C(Cc1c(F)ccc(Br)c1F)CC1CNCCO1. The van der Waals surface area contributed by atoms with Crippen LogP contribution in [0.3, 0.4) is 0 Å². The number of carbonyl (C=O) groups excluding carboxylic acids is 1. The van der Waals surface area contributed by atoms with Crippen LogP contribution in [0.25, 0.3) is 0 Å². The zero-order chi connectivity index (χ0) is 13.8. The van der Waals surface area contributed by atoms with Gasteiger partial charge in [-0.3, -0.25) is 4.79 Å². The topological polar surface area (TPSA) is 38.3 Å². The molecule has 1 fully saturated rings. The van der Waals surface area contributed by atoms with Crippen LogP contribution in [0.1, 0.15) is 12.0 Å². The predicted octanol–water partition coefficient (Wildman–Crippen LogP) is 2.22. The van der Waals surface area contributed by atoms with Crippen LogP contribution >= 0.6 is 15.9 Å². The summed E-state index contributed by atoms with van der Waals surface area (Å²) in [6.45, 7) is 1.91. The van der Waals surface area contributed by atoms with Crippen molar-refractivity contribution in [2.45, 2.75) is 18.9 Å².